The number of aryl methyl sites for hydroxylation is 1. The maximum absolute atomic E-state index is 13.4. The molecule has 0 saturated heterocycles. The predicted molar refractivity (Wildman–Crippen MR) is 156 cm³/mol. The van der Waals surface area contributed by atoms with Gasteiger partial charge in [-0.15, -0.1) is 12.4 Å². The summed E-state index contributed by atoms with van der Waals surface area (Å²) in [6.07, 6.45) is 0.419. The zero-order valence-electron chi connectivity index (χ0n) is 22.9. The fraction of sp³-hybridized carbons (Fsp3) is 0.233. The highest BCUT2D eigenvalue weighted by molar-refractivity contribution is 6.01. The minimum atomic E-state index is -1.22. The lowest BCUT2D eigenvalue weighted by atomic mass is 10.0. The Kier molecular flexibility index (Phi) is 11.1. The van der Waals surface area contributed by atoms with Crippen molar-refractivity contribution in [3.63, 3.8) is 0 Å². The van der Waals surface area contributed by atoms with E-state index in [-0.39, 0.29) is 53.7 Å². The van der Waals surface area contributed by atoms with Gasteiger partial charge >= 0.3 is 17.9 Å². The summed E-state index contributed by atoms with van der Waals surface area (Å²) in [6.45, 7) is -0.998. The number of fused-ring (bicyclic) bond motifs is 2. The molecule has 4 rings (SSSR count). The SMILES string of the molecule is Cl.Nc1ccc2c(c1)CCCOc1c(cc(CC(=O)O)cc1C(=O)NCC(=O)N(CC(=O)O)Cc1ccccc1)OC2=O. The van der Waals surface area contributed by atoms with Gasteiger partial charge in [-0.05, 0) is 59.9 Å². The third-order valence-corrected chi connectivity index (χ3v) is 6.40. The minimum absolute atomic E-state index is 0. The summed E-state index contributed by atoms with van der Waals surface area (Å²) in [6, 6.07) is 16.1. The van der Waals surface area contributed by atoms with Crippen molar-refractivity contribution in [3.05, 3.63) is 88.5 Å². The molecule has 0 unspecified atom stereocenters. The lowest BCUT2D eigenvalue weighted by molar-refractivity contribution is -0.144. The number of carboxylic acids is 2. The Balaban J connectivity index is 0.00000506. The predicted octanol–water partition coefficient (Wildman–Crippen LogP) is 2.71. The number of aliphatic carboxylic acids is 2. The van der Waals surface area contributed by atoms with Gasteiger partial charge in [-0.25, -0.2) is 4.79 Å². The average molecular weight is 612 g/mol. The number of carbonyl (C=O) groups excluding carboxylic acids is 3. The number of nitrogens with one attached hydrogen (secondary N) is 1. The van der Waals surface area contributed by atoms with E-state index in [4.69, 9.17) is 15.2 Å². The van der Waals surface area contributed by atoms with E-state index < -0.39 is 49.2 Å². The molecule has 12 nitrogen and oxygen atoms in total. The van der Waals surface area contributed by atoms with Crippen molar-refractivity contribution < 1.29 is 43.7 Å². The highest BCUT2D eigenvalue weighted by Crippen LogP contribution is 2.35. The smallest absolute Gasteiger partial charge is 0.343 e. The molecule has 1 aliphatic rings. The van der Waals surface area contributed by atoms with Gasteiger partial charge in [0, 0.05) is 12.2 Å². The number of halogens is 1. The molecule has 3 aromatic rings. The van der Waals surface area contributed by atoms with E-state index in [1.807, 2.05) is 0 Å². The van der Waals surface area contributed by atoms with E-state index in [9.17, 15) is 34.2 Å². The van der Waals surface area contributed by atoms with E-state index >= 15 is 0 Å². The minimum Gasteiger partial charge on any atom is -0.489 e. The van der Waals surface area contributed by atoms with Crippen LogP contribution in [-0.2, 0) is 33.8 Å². The number of esters is 1. The number of nitrogens with zero attached hydrogens (tertiary/aromatic N) is 1. The van der Waals surface area contributed by atoms with Gasteiger partial charge in [0.25, 0.3) is 5.91 Å². The van der Waals surface area contributed by atoms with Crippen molar-refractivity contribution in [2.75, 3.05) is 25.4 Å². The van der Waals surface area contributed by atoms with Crippen LogP contribution < -0.4 is 20.5 Å². The summed E-state index contributed by atoms with van der Waals surface area (Å²) in [7, 11) is 0. The number of hydrogen-bond donors (Lipinski definition) is 4. The molecule has 0 spiro atoms. The fourth-order valence-corrected chi connectivity index (χ4v) is 4.50. The molecule has 1 aliphatic heterocycles. The first-order valence-corrected chi connectivity index (χ1v) is 13.0. The third-order valence-electron chi connectivity index (χ3n) is 6.40. The van der Waals surface area contributed by atoms with Gasteiger partial charge in [-0.1, -0.05) is 30.3 Å². The summed E-state index contributed by atoms with van der Waals surface area (Å²) >= 11 is 0. The van der Waals surface area contributed by atoms with Gasteiger partial charge in [0.1, 0.15) is 6.54 Å². The van der Waals surface area contributed by atoms with Gasteiger partial charge in [0.15, 0.2) is 11.5 Å². The quantitative estimate of drug-likeness (QED) is 0.159. The van der Waals surface area contributed by atoms with Crippen LogP contribution in [0.15, 0.2) is 60.7 Å². The molecule has 1 heterocycles. The molecule has 0 radical (unpaired) electrons. The van der Waals surface area contributed by atoms with E-state index in [0.717, 1.165) is 4.90 Å². The van der Waals surface area contributed by atoms with Crippen LogP contribution in [-0.4, -0.2) is 64.5 Å². The Bertz CT molecular complexity index is 1530. The van der Waals surface area contributed by atoms with Crippen LogP contribution in [0.1, 0.15) is 43.8 Å². The second-order valence-electron chi connectivity index (χ2n) is 9.61. The Morgan fingerprint density at radius 2 is 1.70 bits per heavy atom. The molecular formula is C30H30ClN3O9. The molecule has 0 fully saturated rings. The second-order valence-corrected chi connectivity index (χ2v) is 9.61. The standard InChI is InChI=1S/C30H29N3O9.ClH/c31-21-8-9-22-20(14-21)7-4-10-41-28-23(11-19(13-26(35)36)12-24(28)42-30(22)40)29(39)32-15-25(34)33(17-27(37)38)16-18-5-2-1-3-6-18;/h1-3,5-6,8-9,11-12,14H,4,7,10,13,15-17,31H2,(H,32,39)(H,35,36)(H,37,38);1H. The van der Waals surface area contributed by atoms with Crippen LogP contribution in [0.3, 0.4) is 0 Å². The monoisotopic (exact) mass is 611 g/mol. The van der Waals surface area contributed by atoms with Crippen LogP contribution in [0.2, 0.25) is 0 Å². The highest BCUT2D eigenvalue weighted by atomic mass is 35.5. The zero-order valence-corrected chi connectivity index (χ0v) is 23.7. The van der Waals surface area contributed by atoms with Crippen molar-refractivity contribution in [3.8, 4) is 11.5 Å². The van der Waals surface area contributed by atoms with Crippen LogP contribution >= 0.6 is 12.4 Å². The molecule has 226 valence electrons. The molecule has 0 saturated carbocycles. The van der Waals surface area contributed by atoms with Crippen molar-refractivity contribution >= 4 is 47.8 Å². The summed E-state index contributed by atoms with van der Waals surface area (Å²) in [5, 5.41) is 21.1. The molecule has 0 aliphatic carbocycles. The Labute approximate surface area is 252 Å². The van der Waals surface area contributed by atoms with E-state index in [1.54, 1.807) is 42.5 Å². The van der Waals surface area contributed by atoms with Crippen LogP contribution in [0, 0.1) is 0 Å². The number of carboxylic acid groups (broad SMARTS) is 2. The highest BCUT2D eigenvalue weighted by Gasteiger charge is 2.26. The number of hydrogen-bond acceptors (Lipinski definition) is 8. The molecule has 13 heteroatoms. The number of ether oxygens (including phenoxy) is 2. The van der Waals surface area contributed by atoms with Crippen molar-refractivity contribution in [1.82, 2.24) is 10.2 Å². The van der Waals surface area contributed by atoms with Gasteiger partial charge in [-0.3, -0.25) is 19.2 Å². The number of benzene rings is 3. The number of nitrogen functional groups attached to an aromatic ring is 1. The number of carbonyl (C=O) groups is 5. The van der Waals surface area contributed by atoms with E-state index in [0.29, 0.717) is 29.7 Å². The first-order chi connectivity index (χ1) is 20.1. The van der Waals surface area contributed by atoms with Crippen LogP contribution in [0.4, 0.5) is 5.69 Å². The van der Waals surface area contributed by atoms with Gasteiger partial charge in [0.05, 0.1) is 30.7 Å². The maximum atomic E-state index is 13.4. The van der Waals surface area contributed by atoms with Gasteiger partial charge < -0.3 is 35.6 Å². The third kappa shape index (κ3) is 8.69. The summed E-state index contributed by atoms with van der Waals surface area (Å²) in [5.74, 6) is -4.85. The maximum Gasteiger partial charge on any atom is 0.343 e. The molecule has 0 atom stereocenters. The molecule has 0 bridgehead atoms. The number of amides is 2. The van der Waals surface area contributed by atoms with Gasteiger partial charge in [-0.2, -0.15) is 0 Å². The van der Waals surface area contributed by atoms with Crippen molar-refractivity contribution in [2.24, 2.45) is 0 Å². The van der Waals surface area contributed by atoms with Gasteiger partial charge in [0.2, 0.25) is 5.91 Å². The lowest BCUT2D eigenvalue weighted by Crippen LogP contribution is -2.42. The number of nitrogens with two attached hydrogens (primary N) is 1. The topological polar surface area (TPSA) is 186 Å². The molecule has 0 aromatic heterocycles. The second kappa shape index (κ2) is 14.7. The summed E-state index contributed by atoms with van der Waals surface area (Å²) < 4.78 is 11.5. The lowest BCUT2D eigenvalue weighted by Gasteiger charge is -2.22. The summed E-state index contributed by atoms with van der Waals surface area (Å²) in [5.41, 5.74) is 7.99. The molecule has 43 heavy (non-hydrogen) atoms. The first kappa shape index (κ1) is 32.4. The van der Waals surface area contributed by atoms with Crippen LogP contribution in [0.5, 0.6) is 11.5 Å². The average Bonchev–Trinajstić information content (AvgIpc) is 2.94. The molecular weight excluding hydrogens is 582 g/mol. The number of anilines is 1. The largest absolute Gasteiger partial charge is 0.489 e. The first-order valence-electron chi connectivity index (χ1n) is 13.0. The Morgan fingerprint density at radius 1 is 0.953 bits per heavy atom. The molecule has 2 amide bonds. The molecule has 3 aromatic carbocycles. The van der Waals surface area contributed by atoms with E-state index in [2.05, 4.69) is 5.32 Å². The zero-order chi connectivity index (χ0) is 30.2. The summed E-state index contributed by atoms with van der Waals surface area (Å²) in [4.78, 5) is 63.4. The van der Waals surface area contributed by atoms with E-state index in [1.165, 1.54) is 18.2 Å². The van der Waals surface area contributed by atoms with Crippen LogP contribution in [0.25, 0.3) is 0 Å². The normalized spacial score (nSPS) is 12.2. The number of rotatable bonds is 9. The molecule has 5 N–H and O–H groups in total. The fourth-order valence-electron chi connectivity index (χ4n) is 4.50. The van der Waals surface area contributed by atoms with Crippen molar-refractivity contribution in [1.29, 1.82) is 0 Å². The Hall–Kier alpha value is -5.10. The van der Waals surface area contributed by atoms with Crippen molar-refractivity contribution in [2.45, 2.75) is 25.8 Å². The Morgan fingerprint density at radius 3 is 2.40 bits per heavy atom.